The minimum atomic E-state index is -0.473. The monoisotopic (exact) mass is 688 g/mol. The highest BCUT2D eigenvalue weighted by Crippen LogP contribution is 2.42. The van der Waals surface area contributed by atoms with Crippen LogP contribution in [0.25, 0.3) is 85.9 Å². The Hall–Kier alpha value is -5.26. The van der Waals surface area contributed by atoms with Crippen LogP contribution in [0.5, 0.6) is 0 Å². The summed E-state index contributed by atoms with van der Waals surface area (Å²) in [6, 6.07) is 55.7. The molecule has 250 valence electrons. The van der Waals surface area contributed by atoms with Gasteiger partial charge in [0.25, 0.3) is 0 Å². The molecule has 0 amide bonds. The molecule has 10 rings (SSSR count). The van der Waals surface area contributed by atoms with Crippen LogP contribution in [0.4, 0.5) is 0 Å². The van der Waals surface area contributed by atoms with E-state index in [0.717, 1.165) is 22.2 Å². The van der Waals surface area contributed by atoms with E-state index in [-0.39, 0.29) is 0 Å². The Labute approximate surface area is 308 Å². The van der Waals surface area contributed by atoms with E-state index in [1.807, 2.05) is 11.3 Å². The zero-order valence-corrected chi connectivity index (χ0v) is 30.6. The van der Waals surface area contributed by atoms with Crippen LogP contribution in [0.2, 0.25) is 0 Å². The minimum Gasteiger partial charge on any atom is -0.399 e. The molecule has 2 nitrogen and oxygen atoms in total. The Morgan fingerprint density at radius 2 is 0.904 bits per heavy atom. The van der Waals surface area contributed by atoms with Crippen LogP contribution in [-0.2, 0) is 9.31 Å². The van der Waals surface area contributed by atoms with Crippen molar-refractivity contribution in [1.29, 1.82) is 0 Å². The second-order valence-electron chi connectivity index (χ2n) is 15.1. The van der Waals surface area contributed by atoms with Gasteiger partial charge in [0.05, 0.1) is 11.2 Å². The highest BCUT2D eigenvalue weighted by Gasteiger charge is 2.51. The van der Waals surface area contributed by atoms with Crippen LogP contribution in [-0.4, -0.2) is 18.3 Å². The number of hydrogen-bond donors (Lipinski definition) is 0. The van der Waals surface area contributed by atoms with Gasteiger partial charge in [-0.1, -0.05) is 133 Å². The van der Waals surface area contributed by atoms with E-state index in [9.17, 15) is 0 Å². The Bertz CT molecular complexity index is 2810. The summed E-state index contributed by atoms with van der Waals surface area (Å²) in [5.74, 6) is 0. The molecule has 9 aromatic rings. The van der Waals surface area contributed by atoms with E-state index >= 15 is 0 Å². The van der Waals surface area contributed by atoms with Crippen molar-refractivity contribution in [1.82, 2.24) is 0 Å². The van der Waals surface area contributed by atoms with Gasteiger partial charge in [-0.2, -0.15) is 0 Å². The smallest absolute Gasteiger partial charge is 0.399 e. The SMILES string of the molecule is CC1(C)OB(c2cc(-c3ccc(-c4cccc5c4sc4ccccc45)cc3)cc(-c3ccc4c5ccccc5c5ccccc5c4c3)c2)OC1(C)C. The molecule has 0 radical (unpaired) electrons. The van der Waals surface area contributed by atoms with Crippen LogP contribution >= 0.6 is 11.3 Å². The Morgan fingerprint density at radius 1 is 0.404 bits per heavy atom. The van der Waals surface area contributed by atoms with E-state index in [2.05, 4.69) is 179 Å². The lowest BCUT2D eigenvalue weighted by atomic mass is 9.76. The zero-order valence-electron chi connectivity index (χ0n) is 29.7. The maximum absolute atomic E-state index is 6.63. The molecule has 1 aliphatic heterocycles. The fraction of sp³-hybridized carbons (Fsp3) is 0.125. The maximum Gasteiger partial charge on any atom is 0.494 e. The molecule has 0 bridgehead atoms. The molecular weight excluding hydrogens is 651 g/mol. The third-order valence-corrected chi connectivity index (χ3v) is 12.7. The summed E-state index contributed by atoms with van der Waals surface area (Å²) >= 11 is 1.87. The fourth-order valence-corrected chi connectivity index (χ4v) is 9.24. The summed E-state index contributed by atoms with van der Waals surface area (Å²) in [4.78, 5) is 0. The second-order valence-corrected chi connectivity index (χ2v) is 16.2. The molecule has 1 fully saturated rings. The quantitative estimate of drug-likeness (QED) is 0.135. The van der Waals surface area contributed by atoms with Crippen molar-refractivity contribution in [3.8, 4) is 33.4 Å². The first-order valence-electron chi connectivity index (χ1n) is 18.1. The molecule has 0 aliphatic carbocycles. The number of hydrogen-bond acceptors (Lipinski definition) is 3. The normalized spacial score (nSPS) is 15.4. The van der Waals surface area contributed by atoms with Gasteiger partial charge in [-0.3, -0.25) is 0 Å². The summed E-state index contributed by atoms with van der Waals surface area (Å²) in [6.45, 7) is 8.47. The number of benzene rings is 8. The van der Waals surface area contributed by atoms with Gasteiger partial charge in [0, 0.05) is 20.2 Å². The summed E-state index contributed by atoms with van der Waals surface area (Å²) in [5, 5.41) is 10.3. The highest BCUT2D eigenvalue weighted by molar-refractivity contribution is 7.26. The van der Waals surface area contributed by atoms with Crippen molar-refractivity contribution >= 4 is 76.4 Å². The number of rotatable bonds is 4. The number of fused-ring (bicyclic) bond motifs is 9. The lowest BCUT2D eigenvalue weighted by Gasteiger charge is -2.32. The molecule has 1 aromatic heterocycles. The maximum atomic E-state index is 6.63. The third-order valence-electron chi connectivity index (χ3n) is 11.5. The lowest BCUT2D eigenvalue weighted by molar-refractivity contribution is 0.00578. The molecule has 2 heterocycles. The van der Waals surface area contributed by atoms with Crippen LogP contribution in [0.15, 0.2) is 152 Å². The summed E-state index contributed by atoms with van der Waals surface area (Å²) in [6.07, 6.45) is 0. The Morgan fingerprint density at radius 3 is 1.56 bits per heavy atom. The van der Waals surface area contributed by atoms with Crippen molar-refractivity contribution < 1.29 is 9.31 Å². The largest absolute Gasteiger partial charge is 0.494 e. The van der Waals surface area contributed by atoms with Gasteiger partial charge in [-0.15, -0.1) is 11.3 Å². The van der Waals surface area contributed by atoms with E-state index in [1.54, 1.807) is 0 Å². The van der Waals surface area contributed by atoms with Crippen molar-refractivity contribution in [3.63, 3.8) is 0 Å². The molecule has 1 saturated heterocycles. The molecule has 0 N–H and O–H groups in total. The van der Waals surface area contributed by atoms with E-state index in [0.29, 0.717) is 0 Å². The Balaban J connectivity index is 1.12. The van der Waals surface area contributed by atoms with Gasteiger partial charge in [-0.25, -0.2) is 0 Å². The molecule has 0 saturated carbocycles. The van der Waals surface area contributed by atoms with Crippen LogP contribution < -0.4 is 5.46 Å². The fourth-order valence-electron chi connectivity index (χ4n) is 8.00. The van der Waals surface area contributed by atoms with E-state index in [4.69, 9.17) is 9.31 Å². The standard InChI is InChI=1S/C48H37BO2S/c1-47(2)48(3,4)51-49(50-47)35-27-33(30-20-22-31(23-21-30)36-17-11-18-43-42-16-9-10-19-45(42)52-46(36)43)26-34(28-35)32-24-25-41-39-14-6-5-12-37(39)38-13-7-8-15-40(38)44(41)29-32/h5-29H,1-4H3. The van der Waals surface area contributed by atoms with Crippen molar-refractivity contribution in [2.24, 2.45) is 0 Å². The van der Waals surface area contributed by atoms with Crippen molar-refractivity contribution in [3.05, 3.63) is 152 Å². The predicted molar refractivity (Wildman–Crippen MR) is 224 cm³/mol. The molecular formula is C48H37BO2S. The average molecular weight is 689 g/mol. The summed E-state index contributed by atoms with van der Waals surface area (Å²) in [5.41, 5.74) is 7.24. The predicted octanol–water partition coefficient (Wildman–Crippen LogP) is 12.8. The van der Waals surface area contributed by atoms with Crippen LogP contribution in [0.1, 0.15) is 27.7 Å². The highest BCUT2D eigenvalue weighted by atomic mass is 32.1. The molecule has 8 aromatic carbocycles. The topological polar surface area (TPSA) is 18.5 Å². The van der Waals surface area contributed by atoms with Crippen molar-refractivity contribution in [2.45, 2.75) is 38.9 Å². The lowest BCUT2D eigenvalue weighted by Crippen LogP contribution is -2.41. The van der Waals surface area contributed by atoms with E-state index < -0.39 is 18.3 Å². The van der Waals surface area contributed by atoms with Gasteiger partial charge in [0.15, 0.2) is 0 Å². The van der Waals surface area contributed by atoms with Gasteiger partial charge >= 0.3 is 7.12 Å². The van der Waals surface area contributed by atoms with Gasteiger partial charge in [0.1, 0.15) is 0 Å². The summed E-state index contributed by atoms with van der Waals surface area (Å²) < 4.78 is 15.9. The molecule has 0 unspecified atom stereocenters. The minimum absolute atomic E-state index is 0.438. The van der Waals surface area contributed by atoms with Gasteiger partial charge < -0.3 is 9.31 Å². The summed E-state index contributed by atoms with van der Waals surface area (Å²) in [7, 11) is -0.473. The first kappa shape index (κ1) is 31.5. The molecule has 0 spiro atoms. The Kier molecular flexibility index (Phi) is 7.04. The van der Waals surface area contributed by atoms with Gasteiger partial charge in [0.2, 0.25) is 0 Å². The van der Waals surface area contributed by atoms with Crippen molar-refractivity contribution in [2.75, 3.05) is 0 Å². The third kappa shape index (κ3) is 4.93. The molecule has 1 aliphatic rings. The first-order chi connectivity index (χ1) is 25.2. The van der Waals surface area contributed by atoms with Crippen LogP contribution in [0, 0.1) is 0 Å². The molecule has 4 heteroatoms. The second kappa shape index (κ2) is 11.6. The first-order valence-corrected chi connectivity index (χ1v) is 18.9. The number of thiophene rings is 1. The average Bonchev–Trinajstić information content (AvgIpc) is 3.67. The molecule has 52 heavy (non-hydrogen) atoms. The van der Waals surface area contributed by atoms with Crippen LogP contribution in [0.3, 0.4) is 0 Å². The van der Waals surface area contributed by atoms with E-state index in [1.165, 1.54) is 69.2 Å². The van der Waals surface area contributed by atoms with Gasteiger partial charge in [-0.05, 0) is 117 Å². The molecule has 0 atom stereocenters. The zero-order chi connectivity index (χ0) is 35.2.